The summed E-state index contributed by atoms with van der Waals surface area (Å²) in [6.07, 6.45) is 0.964. The average Bonchev–Trinajstić information content (AvgIpc) is 2.71. The minimum atomic E-state index is -0.783. The Morgan fingerprint density at radius 2 is 1.78 bits per heavy atom. The van der Waals surface area contributed by atoms with Crippen LogP contribution < -0.4 is 0 Å². The van der Waals surface area contributed by atoms with E-state index in [9.17, 15) is 14.4 Å². The van der Waals surface area contributed by atoms with Crippen LogP contribution in [0.2, 0.25) is 0 Å². The van der Waals surface area contributed by atoms with Crippen molar-refractivity contribution in [1.82, 2.24) is 14.7 Å². The Morgan fingerprint density at radius 3 is 2.30 bits per heavy atom. The molecule has 2 saturated heterocycles. The first kappa shape index (κ1) is 15.5. The lowest BCUT2D eigenvalue weighted by Gasteiger charge is -2.40. The van der Waals surface area contributed by atoms with Crippen LogP contribution in [0.5, 0.6) is 0 Å². The van der Waals surface area contributed by atoms with Crippen LogP contribution >= 0.6 is 0 Å². The summed E-state index contributed by atoms with van der Waals surface area (Å²) in [5.41, 5.74) is 0.928. The van der Waals surface area contributed by atoms with E-state index >= 15 is 0 Å². The number of likely N-dealkylation sites (N-methyl/N-ethyl adjacent to an activating group) is 2. The first-order chi connectivity index (χ1) is 10.9. The molecule has 2 aliphatic rings. The summed E-state index contributed by atoms with van der Waals surface area (Å²) in [6, 6.07) is 7.24. The van der Waals surface area contributed by atoms with E-state index in [-0.39, 0.29) is 17.8 Å². The van der Waals surface area contributed by atoms with Crippen LogP contribution in [0.3, 0.4) is 0 Å². The molecule has 1 spiro atoms. The van der Waals surface area contributed by atoms with Crippen LogP contribution in [0, 0.1) is 6.92 Å². The number of amides is 4. The molecule has 1 aromatic rings. The van der Waals surface area contributed by atoms with E-state index in [0.717, 1.165) is 5.56 Å². The number of aryl methyl sites for hydroxylation is 1. The van der Waals surface area contributed by atoms with Crippen LogP contribution in [-0.2, 0) is 4.79 Å². The van der Waals surface area contributed by atoms with E-state index in [1.165, 1.54) is 16.8 Å². The van der Waals surface area contributed by atoms with Gasteiger partial charge in [-0.15, -0.1) is 0 Å². The van der Waals surface area contributed by atoms with E-state index in [4.69, 9.17) is 0 Å². The molecule has 0 bridgehead atoms. The van der Waals surface area contributed by atoms with Gasteiger partial charge in [-0.2, -0.15) is 0 Å². The Hall–Kier alpha value is -2.37. The van der Waals surface area contributed by atoms with Gasteiger partial charge in [-0.05, 0) is 31.9 Å². The Balaban J connectivity index is 1.75. The van der Waals surface area contributed by atoms with Crippen molar-refractivity contribution in [2.75, 3.05) is 27.2 Å². The highest BCUT2D eigenvalue weighted by molar-refractivity contribution is 6.06. The monoisotopic (exact) mass is 315 g/mol. The first-order valence-electron chi connectivity index (χ1n) is 7.79. The van der Waals surface area contributed by atoms with E-state index in [0.29, 0.717) is 31.5 Å². The summed E-state index contributed by atoms with van der Waals surface area (Å²) in [6.45, 7) is 2.91. The lowest BCUT2D eigenvalue weighted by molar-refractivity contribution is -0.134. The highest BCUT2D eigenvalue weighted by Crippen LogP contribution is 2.35. The SMILES string of the molecule is Cc1cccc(C(=O)N2CCC3(CC2)C(=O)N(C)C(=O)N3C)c1. The molecule has 0 unspecified atom stereocenters. The Kier molecular flexibility index (Phi) is 3.62. The molecule has 0 N–H and O–H groups in total. The summed E-state index contributed by atoms with van der Waals surface area (Å²) in [7, 11) is 3.18. The second-order valence-electron chi connectivity index (χ2n) is 6.40. The third kappa shape index (κ3) is 2.29. The fourth-order valence-electron chi connectivity index (χ4n) is 3.54. The molecule has 2 fully saturated rings. The number of piperidine rings is 1. The van der Waals surface area contributed by atoms with E-state index < -0.39 is 5.54 Å². The summed E-state index contributed by atoms with van der Waals surface area (Å²) in [5.74, 6) is -0.177. The maximum absolute atomic E-state index is 12.6. The standard InChI is InChI=1S/C17H21N3O3/c1-12-5-4-6-13(11-12)14(21)20-9-7-17(8-10-20)15(22)18(2)16(23)19(17)3/h4-6,11H,7-10H2,1-3H3. The molecule has 0 aliphatic carbocycles. The molecule has 2 aliphatic heterocycles. The number of carbonyl (C=O) groups excluding carboxylic acids is 3. The number of rotatable bonds is 1. The van der Waals surface area contributed by atoms with Crippen molar-refractivity contribution in [3.63, 3.8) is 0 Å². The summed E-state index contributed by atoms with van der Waals surface area (Å²) in [5, 5.41) is 0. The minimum absolute atomic E-state index is 0.0173. The second-order valence-corrected chi connectivity index (χ2v) is 6.40. The molecular formula is C17H21N3O3. The van der Waals surface area contributed by atoms with Gasteiger partial charge in [-0.25, -0.2) is 4.79 Å². The van der Waals surface area contributed by atoms with Crippen LogP contribution in [0.25, 0.3) is 0 Å². The molecule has 6 nitrogen and oxygen atoms in total. The molecule has 3 rings (SSSR count). The molecule has 6 heteroatoms. The average molecular weight is 315 g/mol. The molecule has 0 saturated carbocycles. The van der Waals surface area contributed by atoms with Gasteiger partial charge in [0.1, 0.15) is 5.54 Å². The predicted molar refractivity (Wildman–Crippen MR) is 85.0 cm³/mol. The zero-order valence-corrected chi connectivity index (χ0v) is 13.7. The van der Waals surface area contributed by atoms with Crippen molar-refractivity contribution in [3.8, 4) is 0 Å². The molecular weight excluding hydrogens is 294 g/mol. The molecule has 4 amide bonds. The quantitative estimate of drug-likeness (QED) is 0.738. The van der Waals surface area contributed by atoms with Gasteiger partial charge < -0.3 is 9.80 Å². The van der Waals surface area contributed by atoms with Crippen LogP contribution in [0.1, 0.15) is 28.8 Å². The summed E-state index contributed by atoms with van der Waals surface area (Å²) >= 11 is 0. The number of carbonyl (C=O) groups is 3. The zero-order chi connectivity index (χ0) is 16.8. The van der Waals surface area contributed by atoms with Crippen LogP contribution in [-0.4, -0.2) is 65.3 Å². The van der Waals surface area contributed by atoms with Gasteiger partial charge in [0.05, 0.1) is 0 Å². The van der Waals surface area contributed by atoms with Crippen LogP contribution in [0.4, 0.5) is 4.79 Å². The fraction of sp³-hybridized carbons (Fsp3) is 0.471. The lowest BCUT2D eigenvalue weighted by atomic mass is 9.86. The third-order valence-corrected chi connectivity index (χ3v) is 5.06. The Labute approximate surface area is 135 Å². The molecule has 23 heavy (non-hydrogen) atoms. The molecule has 0 aromatic heterocycles. The smallest absolute Gasteiger partial charge is 0.327 e. The molecule has 122 valence electrons. The van der Waals surface area contributed by atoms with E-state index in [1.807, 2.05) is 31.2 Å². The minimum Gasteiger partial charge on any atom is -0.338 e. The largest absolute Gasteiger partial charge is 0.338 e. The van der Waals surface area contributed by atoms with Gasteiger partial charge in [-0.1, -0.05) is 17.7 Å². The van der Waals surface area contributed by atoms with E-state index in [1.54, 1.807) is 11.9 Å². The number of likely N-dealkylation sites (tertiary alicyclic amines) is 1. The van der Waals surface area contributed by atoms with Gasteiger partial charge in [0.25, 0.3) is 11.8 Å². The normalized spacial score (nSPS) is 20.6. The number of hydrogen-bond acceptors (Lipinski definition) is 3. The van der Waals surface area contributed by atoms with Crippen molar-refractivity contribution in [3.05, 3.63) is 35.4 Å². The fourth-order valence-corrected chi connectivity index (χ4v) is 3.54. The molecule has 1 aromatic carbocycles. The van der Waals surface area contributed by atoms with Crippen molar-refractivity contribution >= 4 is 17.8 Å². The predicted octanol–water partition coefficient (Wildman–Crippen LogP) is 1.49. The lowest BCUT2D eigenvalue weighted by Crippen LogP contribution is -2.56. The van der Waals surface area contributed by atoms with Crippen molar-refractivity contribution in [2.45, 2.75) is 25.3 Å². The van der Waals surface area contributed by atoms with Crippen molar-refractivity contribution in [2.24, 2.45) is 0 Å². The van der Waals surface area contributed by atoms with Gasteiger partial charge in [0, 0.05) is 32.7 Å². The van der Waals surface area contributed by atoms with Crippen LogP contribution in [0.15, 0.2) is 24.3 Å². The maximum atomic E-state index is 12.6. The highest BCUT2D eigenvalue weighted by atomic mass is 16.2. The number of nitrogens with zero attached hydrogens (tertiary/aromatic N) is 3. The highest BCUT2D eigenvalue weighted by Gasteiger charge is 2.55. The topological polar surface area (TPSA) is 60.9 Å². The number of benzene rings is 1. The second kappa shape index (κ2) is 5.37. The molecule has 0 atom stereocenters. The third-order valence-electron chi connectivity index (χ3n) is 5.06. The Morgan fingerprint density at radius 1 is 1.13 bits per heavy atom. The maximum Gasteiger partial charge on any atom is 0.327 e. The van der Waals surface area contributed by atoms with E-state index in [2.05, 4.69) is 0 Å². The number of urea groups is 1. The number of hydrogen-bond donors (Lipinski definition) is 0. The molecule has 2 heterocycles. The van der Waals surface area contributed by atoms with Crippen molar-refractivity contribution in [1.29, 1.82) is 0 Å². The summed E-state index contributed by atoms with van der Waals surface area (Å²) in [4.78, 5) is 41.5. The van der Waals surface area contributed by atoms with Gasteiger partial charge in [0.2, 0.25) is 0 Å². The van der Waals surface area contributed by atoms with Gasteiger partial charge >= 0.3 is 6.03 Å². The summed E-state index contributed by atoms with van der Waals surface area (Å²) < 4.78 is 0. The van der Waals surface area contributed by atoms with Gasteiger partial charge in [0.15, 0.2) is 0 Å². The Bertz CT molecular complexity index is 677. The zero-order valence-electron chi connectivity index (χ0n) is 13.7. The van der Waals surface area contributed by atoms with Crippen molar-refractivity contribution < 1.29 is 14.4 Å². The number of imide groups is 1. The first-order valence-corrected chi connectivity index (χ1v) is 7.79. The van der Waals surface area contributed by atoms with Gasteiger partial charge in [-0.3, -0.25) is 14.5 Å². The molecule has 0 radical (unpaired) electrons.